The number of carbonyl (C=O) groups is 2. The second-order valence-electron chi connectivity index (χ2n) is 7.16. The number of Topliss-reactive ketones (excluding diaryl/α,β-unsaturated/α-hetero) is 1. The lowest BCUT2D eigenvalue weighted by atomic mass is 10.0. The fourth-order valence-electron chi connectivity index (χ4n) is 2.38. The Labute approximate surface area is 137 Å². The molecule has 130 valence electrons. The van der Waals surface area contributed by atoms with Crippen LogP contribution in [0, 0.1) is 11.8 Å². The Hall–Kier alpha value is -0.860. The van der Waals surface area contributed by atoms with E-state index in [1.807, 2.05) is 13.8 Å². The number of ketones is 1. The van der Waals surface area contributed by atoms with Gasteiger partial charge in [-0.2, -0.15) is 0 Å². The van der Waals surface area contributed by atoms with E-state index in [-0.39, 0.29) is 24.2 Å². The smallest absolute Gasteiger partial charge is 0.220 e. The molecule has 0 fully saturated rings. The maximum Gasteiger partial charge on any atom is 0.220 e. The number of nitrogens with one attached hydrogen (secondary N) is 1. The minimum absolute atomic E-state index is 0.000776. The normalized spacial score (nSPS) is 11.2. The summed E-state index contributed by atoms with van der Waals surface area (Å²) >= 11 is 0. The number of amides is 1. The molecule has 3 nitrogen and oxygen atoms in total. The number of carbonyl (C=O) groups excluding carboxylic acids is 2. The highest BCUT2D eigenvalue weighted by Gasteiger charge is 2.08. The summed E-state index contributed by atoms with van der Waals surface area (Å²) in [6, 6.07) is 0. The number of hydrogen-bond acceptors (Lipinski definition) is 2. The first kappa shape index (κ1) is 21.1. The van der Waals surface area contributed by atoms with Crippen LogP contribution in [0.1, 0.15) is 91.9 Å². The van der Waals surface area contributed by atoms with Gasteiger partial charge in [0.2, 0.25) is 5.91 Å². The summed E-state index contributed by atoms with van der Waals surface area (Å²) in [5.74, 6) is 0.955. The van der Waals surface area contributed by atoms with Crippen LogP contribution >= 0.6 is 0 Å². The minimum Gasteiger partial charge on any atom is -0.349 e. The van der Waals surface area contributed by atoms with Crippen molar-refractivity contribution in [2.24, 2.45) is 11.8 Å². The molecule has 0 aliphatic rings. The predicted molar refractivity (Wildman–Crippen MR) is 93.9 cm³/mol. The van der Waals surface area contributed by atoms with E-state index in [1.165, 1.54) is 44.9 Å². The summed E-state index contributed by atoms with van der Waals surface area (Å²) in [5.41, 5.74) is 0. The molecule has 0 saturated heterocycles. The van der Waals surface area contributed by atoms with Gasteiger partial charge in [-0.3, -0.25) is 9.59 Å². The van der Waals surface area contributed by atoms with Gasteiger partial charge in [0.05, 0.1) is 6.54 Å². The number of unbranched alkanes of at least 4 members (excludes halogenated alkanes) is 7. The van der Waals surface area contributed by atoms with Crippen molar-refractivity contribution in [3.63, 3.8) is 0 Å². The van der Waals surface area contributed by atoms with E-state index in [9.17, 15) is 9.59 Å². The van der Waals surface area contributed by atoms with Gasteiger partial charge in [-0.05, 0) is 12.3 Å². The van der Waals surface area contributed by atoms with E-state index in [4.69, 9.17) is 0 Å². The molecule has 0 aromatic heterocycles. The highest BCUT2D eigenvalue weighted by molar-refractivity contribution is 5.87. The molecular formula is C19H37NO2. The Morgan fingerprint density at radius 3 is 1.77 bits per heavy atom. The van der Waals surface area contributed by atoms with Gasteiger partial charge < -0.3 is 5.32 Å². The van der Waals surface area contributed by atoms with Crippen LogP contribution in [0.2, 0.25) is 0 Å². The fourth-order valence-corrected chi connectivity index (χ4v) is 2.38. The molecule has 0 aromatic rings. The molecule has 0 bridgehead atoms. The van der Waals surface area contributed by atoms with E-state index in [0.29, 0.717) is 6.42 Å². The van der Waals surface area contributed by atoms with Crippen molar-refractivity contribution >= 4 is 11.7 Å². The van der Waals surface area contributed by atoms with Crippen molar-refractivity contribution in [2.45, 2.75) is 91.9 Å². The van der Waals surface area contributed by atoms with E-state index in [0.717, 1.165) is 18.8 Å². The van der Waals surface area contributed by atoms with Gasteiger partial charge in [-0.1, -0.05) is 79.1 Å². The molecule has 0 radical (unpaired) electrons. The zero-order valence-corrected chi connectivity index (χ0v) is 15.2. The zero-order valence-electron chi connectivity index (χ0n) is 15.2. The lowest BCUT2D eigenvalue weighted by molar-refractivity contribution is -0.126. The summed E-state index contributed by atoms with van der Waals surface area (Å²) in [7, 11) is 0. The zero-order chi connectivity index (χ0) is 16.8. The van der Waals surface area contributed by atoms with Crippen LogP contribution in [0.15, 0.2) is 0 Å². The SMILES string of the molecule is CC(C)CCCCCCCCCCC(=O)NCC(=O)C(C)C. The molecule has 0 spiro atoms. The molecule has 0 atom stereocenters. The highest BCUT2D eigenvalue weighted by Crippen LogP contribution is 2.12. The Bertz CT molecular complexity index is 298. The van der Waals surface area contributed by atoms with Crippen molar-refractivity contribution in [3.8, 4) is 0 Å². The third kappa shape index (κ3) is 14.1. The lowest BCUT2D eigenvalue weighted by Crippen LogP contribution is -2.31. The molecule has 0 saturated carbocycles. The third-order valence-electron chi connectivity index (χ3n) is 4.04. The first-order chi connectivity index (χ1) is 10.4. The van der Waals surface area contributed by atoms with E-state index >= 15 is 0 Å². The molecule has 0 aromatic carbocycles. The Kier molecular flexibility index (Phi) is 13.2. The van der Waals surface area contributed by atoms with Crippen LogP contribution in [0.3, 0.4) is 0 Å². The molecule has 3 heteroatoms. The van der Waals surface area contributed by atoms with Gasteiger partial charge in [0.15, 0.2) is 5.78 Å². The largest absolute Gasteiger partial charge is 0.349 e. The maximum atomic E-state index is 11.6. The second-order valence-corrected chi connectivity index (χ2v) is 7.16. The fraction of sp³-hybridized carbons (Fsp3) is 0.895. The van der Waals surface area contributed by atoms with Crippen LogP contribution in [-0.4, -0.2) is 18.2 Å². The Morgan fingerprint density at radius 2 is 1.27 bits per heavy atom. The van der Waals surface area contributed by atoms with Gasteiger partial charge in [0, 0.05) is 12.3 Å². The quantitative estimate of drug-likeness (QED) is 0.464. The molecule has 0 aliphatic heterocycles. The van der Waals surface area contributed by atoms with Gasteiger partial charge in [0.25, 0.3) is 0 Å². The van der Waals surface area contributed by atoms with Gasteiger partial charge in [-0.25, -0.2) is 0 Å². The van der Waals surface area contributed by atoms with Crippen LogP contribution in [0.25, 0.3) is 0 Å². The standard InChI is InChI=1S/C19H37NO2/c1-16(2)13-11-9-7-5-6-8-10-12-14-19(22)20-15-18(21)17(3)4/h16-17H,5-15H2,1-4H3,(H,20,22). The molecule has 0 heterocycles. The maximum absolute atomic E-state index is 11.6. The average molecular weight is 312 g/mol. The average Bonchev–Trinajstić information content (AvgIpc) is 2.46. The number of rotatable bonds is 14. The second kappa shape index (κ2) is 13.8. The molecule has 22 heavy (non-hydrogen) atoms. The molecule has 0 rings (SSSR count). The highest BCUT2D eigenvalue weighted by atomic mass is 16.2. The summed E-state index contributed by atoms with van der Waals surface area (Å²) in [4.78, 5) is 23.0. The summed E-state index contributed by atoms with van der Waals surface area (Å²) in [6.45, 7) is 8.48. The van der Waals surface area contributed by atoms with Crippen molar-refractivity contribution in [2.75, 3.05) is 6.54 Å². The third-order valence-corrected chi connectivity index (χ3v) is 4.04. The molecule has 1 N–H and O–H groups in total. The van der Waals surface area contributed by atoms with E-state index in [1.54, 1.807) is 0 Å². The van der Waals surface area contributed by atoms with Crippen molar-refractivity contribution in [1.29, 1.82) is 0 Å². The summed E-state index contributed by atoms with van der Waals surface area (Å²) < 4.78 is 0. The van der Waals surface area contributed by atoms with Gasteiger partial charge >= 0.3 is 0 Å². The Morgan fingerprint density at radius 1 is 0.773 bits per heavy atom. The molecular weight excluding hydrogens is 274 g/mol. The first-order valence-corrected chi connectivity index (χ1v) is 9.23. The first-order valence-electron chi connectivity index (χ1n) is 9.23. The molecule has 0 unspecified atom stereocenters. The van der Waals surface area contributed by atoms with Crippen LogP contribution < -0.4 is 5.32 Å². The van der Waals surface area contributed by atoms with E-state index < -0.39 is 0 Å². The summed E-state index contributed by atoms with van der Waals surface area (Å²) in [6.07, 6.45) is 11.9. The number of hydrogen-bond donors (Lipinski definition) is 1. The molecule has 1 amide bonds. The van der Waals surface area contributed by atoms with Gasteiger partial charge in [-0.15, -0.1) is 0 Å². The topological polar surface area (TPSA) is 46.2 Å². The molecule has 0 aliphatic carbocycles. The lowest BCUT2D eigenvalue weighted by Gasteiger charge is -2.07. The van der Waals surface area contributed by atoms with Crippen LogP contribution in [0.4, 0.5) is 0 Å². The van der Waals surface area contributed by atoms with Crippen molar-refractivity contribution in [3.05, 3.63) is 0 Å². The van der Waals surface area contributed by atoms with Crippen molar-refractivity contribution in [1.82, 2.24) is 5.32 Å². The van der Waals surface area contributed by atoms with Crippen LogP contribution in [-0.2, 0) is 9.59 Å². The monoisotopic (exact) mass is 311 g/mol. The van der Waals surface area contributed by atoms with Crippen LogP contribution in [0.5, 0.6) is 0 Å². The van der Waals surface area contributed by atoms with E-state index in [2.05, 4.69) is 19.2 Å². The summed E-state index contributed by atoms with van der Waals surface area (Å²) in [5, 5.41) is 2.71. The predicted octanol–water partition coefficient (Wildman–Crippen LogP) is 4.88. The minimum atomic E-state index is 0.000776. The van der Waals surface area contributed by atoms with Crippen molar-refractivity contribution < 1.29 is 9.59 Å². The van der Waals surface area contributed by atoms with Gasteiger partial charge in [0.1, 0.15) is 0 Å². The Balaban J connectivity index is 3.28.